The Bertz CT molecular complexity index is 1180. The van der Waals surface area contributed by atoms with Crippen molar-refractivity contribution in [2.24, 2.45) is 5.10 Å². The van der Waals surface area contributed by atoms with Gasteiger partial charge in [-0.25, -0.2) is 4.68 Å². The Morgan fingerprint density at radius 3 is 2.39 bits per heavy atom. The molecule has 0 spiro atoms. The highest BCUT2D eigenvalue weighted by atomic mass is 35.5. The molecule has 1 aliphatic carbocycles. The van der Waals surface area contributed by atoms with E-state index >= 15 is 0 Å². The standard InChI is InChI=1S/C24H24Cl3N5O/c1-15-22(24(28-19-7-8-19)30-31-10-12-33-13-11-31)29-32(21-9-6-18(26)14-20(21)27)23(15)16-2-4-17(25)5-3-16/h2-6,9,14,19H,7-8,10-13H2,1H3,(H,28,30). The third kappa shape index (κ3) is 4.99. The number of aromatic nitrogens is 2. The Morgan fingerprint density at radius 2 is 1.73 bits per heavy atom. The van der Waals surface area contributed by atoms with Crippen molar-refractivity contribution in [2.75, 3.05) is 26.3 Å². The number of hydrogen-bond donors (Lipinski definition) is 1. The van der Waals surface area contributed by atoms with Crippen LogP contribution in [0.25, 0.3) is 16.9 Å². The summed E-state index contributed by atoms with van der Waals surface area (Å²) in [6, 6.07) is 13.6. The van der Waals surface area contributed by atoms with Crippen molar-refractivity contribution in [3.05, 3.63) is 68.8 Å². The first-order chi connectivity index (χ1) is 16.0. The summed E-state index contributed by atoms with van der Waals surface area (Å²) in [6.07, 6.45) is 2.27. The van der Waals surface area contributed by atoms with E-state index in [-0.39, 0.29) is 0 Å². The Kier molecular flexibility index (Phi) is 6.52. The van der Waals surface area contributed by atoms with Gasteiger partial charge in [-0.3, -0.25) is 5.01 Å². The summed E-state index contributed by atoms with van der Waals surface area (Å²) in [5.41, 5.74) is 4.46. The number of nitrogens with one attached hydrogen (secondary N) is 1. The molecule has 9 heteroatoms. The molecular weight excluding hydrogens is 481 g/mol. The zero-order chi connectivity index (χ0) is 22.9. The van der Waals surface area contributed by atoms with Crippen LogP contribution in [0, 0.1) is 6.92 Å². The molecule has 3 aromatic rings. The first-order valence-corrected chi connectivity index (χ1v) is 12.1. The Balaban J connectivity index is 1.66. The van der Waals surface area contributed by atoms with E-state index in [2.05, 4.69) is 12.2 Å². The summed E-state index contributed by atoms with van der Waals surface area (Å²) in [4.78, 5) is 0. The van der Waals surface area contributed by atoms with Crippen molar-refractivity contribution < 1.29 is 4.74 Å². The third-order valence-electron chi connectivity index (χ3n) is 5.75. The van der Waals surface area contributed by atoms with Gasteiger partial charge in [0.1, 0.15) is 5.69 Å². The predicted molar refractivity (Wildman–Crippen MR) is 134 cm³/mol. The van der Waals surface area contributed by atoms with Gasteiger partial charge in [0.2, 0.25) is 0 Å². The molecule has 2 aromatic carbocycles. The van der Waals surface area contributed by atoms with Crippen LogP contribution < -0.4 is 5.32 Å². The molecule has 1 saturated heterocycles. The minimum absolute atomic E-state index is 0.424. The molecule has 5 rings (SSSR count). The molecule has 2 aliphatic rings. The number of morpholine rings is 1. The van der Waals surface area contributed by atoms with Crippen molar-refractivity contribution >= 4 is 40.6 Å². The lowest BCUT2D eigenvalue weighted by atomic mass is 10.1. The van der Waals surface area contributed by atoms with Crippen molar-refractivity contribution in [3.8, 4) is 16.9 Å². The third-order valence-corrected chi connectivity index (χ3v) is 6.54. The quantitative estimate of drug-likeness (QED) is 0.365. The van der Waals surface area contributed by atoms with E-state index in [9.17, 15) is 0 Å². The zero-order valence-corrected chi connectivity index (χ0v) is 20.5. The number of halogens is 3. The average molecular weight is 505 g/mol. The molecule has 0 unspecified atom stereocenters. The van der Waals surface area contributed by atoms with Crippen LogP contribution in [0.1, 0.15) is 24.1 Å². The molecule has 0 atom stereocenters. The van der Waals surface area contributed by atoms with Gasteiger partial charge in [-0.2, -0.15) is 10.2 Å². The van der Waals surface area contributed by atoms with Crippen LogP contribution in [0.3, 0.4) is 0 Å². The molecule has 2 heterocycles. The Morgan fingerprint density at radius 1 is 1.03 bits per heavy atom. The maximum Gasteiger partial charge on any atom is 0.174 e. The normalized spacial score (nSPS) is 16.8. The predicted octanol–water partition coefficient (Wildman–Crippen LogP) is 5.55. The number of hydrazone groups is 1. The summed E-state index contributed by atoms with van der Waals surface area (Å²) < 4.78 is 7.36. The minimum atomic E-state index is 0.424. The maximum absolute atomic E-state index is 6.61. The largest absolute Gasteiger partial charge is 0.378 e. The second kappa shape index (κ2) is 9.55. The Labute approximate surface area is 208 Å². The van der Waals surface area contributed by atoms with Gasteiger partial charge in [0.05, 0.1) is 42.7 Å². The van der Waals surface area contributed by atoms with E-state index in [1.807, 2.05) is 46.1 Å². The molecule has 6 nitrogen and oxygen atoms in total. The zero-order valence-electron chi connectivity index (χ0n) is 18.2. The van der Waals surface area contributed by atoms with Crippen molar-refractivity contribution in [3.63, 3.8) is 0 Å². The molecule has 0 bridgehead atoms. The number of benzene rings is 2. The minimum Gasteiger partial charge on any atom is -0.378 e. The lowest BCUT2D eigenvalue weighted by molar-refractivity contribution is 0.0391. The first kappa shape index (κ1) is 22.5. The van der Waals surface area contributed by atoms with Gasteiger partial charge in [-0.15, -0.1) is 0 Å². The van der Waals surface area contributed by atoms with Gasteiger partial charge in [-0.1, -0.05) is 46.9 Å². The van der Waals surface area contributed by atoms with Gasteiger partial charge in [0, 0.05) is 27.2 Å². The molecule has 1 aliphatic heterocycles. The fourth-order valence-corrected chi connectivity index (χ4v) is 4.47. The van der Waals surface area contributed by atoms with E-state index in [0.717, 1.165) is 60.0 Å². The lowest BCUT2D eigenvalue weighted by Gasteiger charge is -2.25. The smallest absolute Gasteiger partial charge is 0.174 e. The van der Waals surface area contributed by atoms with Gasteiger partial charge < -0.3 is 10.1 Å². The monoisotopic (exact) mass is 503 g/mol. The SMILES string of the molecule is Cc1c(C(=NN2CCOCC2)NC2CC2)nn(-c2ccc(Cl)cc2Cl)c1-c1ccc(Cl)cc1. The van der Waals surface area contributed by atoms with E-state index in [4.69, 9.17) is 49.7 Å². The molecule has 0 radical (unpaired) electrons. The molecule has 1 N–H and O–H groups in total. The van der Waals surface area contributed by atoms with E-state index in [1.54, 1.807) is 6.07 Å². The Hall–Kier alpha value is -2.25. The van der Waals surface area contributed by atoms with Crippen molar-refractivity contribution in [2.45, 2.75) is 25.8 Å². The van der Waals surface area contributed by atoms with Crippen LogP contribution in [0.4, 0.5) is 0 Å². The van der Waals surface area contributed by atoms with Crippen LogP contribution in [0.5, 0.6) is 0 Å². The van der Waals surface area contributed by atoms with E-state index in [0.29, 0.717) is 34.3 Å². The molecule has 172 valence electrons. The molecule has 1 aromatic heterocycles. The second-order valence-corrected chi connectivity index (χ2v) is 9.55. The van der Waals surface area contributed by atoms with Gasteiger partial charge in [-0.05, 0) is 50.1 Å². The number of rotatable bonds is 5. The maximum atomic E-state index is 6.61. The van der Waals surface area contributed by atoms with Crippen LogP contribution >= 0.6 is 34.8 Å². The van der Waals surface area contributed by atoms with Gasteiger partial charge in [0.15, 0.2) is 5.84 Å². The fraction of sp³-hybridized carbons (Fsp3) is 0.333. The second-order valence-electron chi connectivity index (χ2n) is 8.27. The summed E-state index contributed by atoms with van der Waals surface area (Å²) >= 11 is 18.9. The average Bonchev–Trinajstić information content (AvgIpc) is 3.56. The van der Waals surface area contributed by atoms with Crippen LogP contribution in [-0.2, 0) is 4.74 Å². The highest BCUT2D eigenvalue weighted by Crippen LogP contribution is 2.33. The van der Waals surface area contributed by atoms with E-state index in [1.165, 1.54) is 0 Å². The highest BCUT2D eigenvalue weighted by molar-refractivity contribution is 6.35. The molecule has 2 fully saturated rings. The summed E-state index contributed by atoms with van der Waals surface area (Å²) in [5.74, 6) is 0.774. The number of amidine groups is 1. The summed E-state index contributed by atoms with van der Waals surface area (Å²) in [5, 5.41) is 17.4. The number of ether oxygens (including phenoxy) is 1. The summed E-state index contributed by atoms with van der Waals surface area (Å²) in [7, 11) is 0. The van der Waals surface area contributed by atoms with Gasteiger partial charge in [0.25, 0.3) is 0 Å². The lowest BCUT2D eigenvalue weighted by Crippen LogP contribution is -2.37. The molecular formula is C24H24Cl3N5O. The van der Waals surface area contributed by atoms with Crippen LogP contribution in [0.2, 0.25) is 15.1 Å². The number of hydrogen-bond acceptors (Lipinski definition) is 4. The molecule has 0 amide bonds. The first-order valence-electron chi connectivity index (χ1n) is 11.0. The van der Waals surface area contributed by atoms with Crippen LogP contribution in [0.15, 0.2) is 47.6 Å². The summed E-state index contributed by atoms with van der Waals surface area (Å²) in [6.45, 7) is 4.91. The van der Waals surface area contributed by atoms with Crippen molar-refractivity contribution in [1.82, 2.24) is 20.1 Å². The van der Waals surface area contributed by atoms with Gasteiger partial charge >= 0.3 is 0 Å². The van der Waals surface area contributed by atoms with E-state index < -0.39 is 0 Å². The molecule has 1 saturated carbocycles. The highest BCUT2D eigenvalue weighted by Gasteiger charge is 2.28. The van der Waals surface area contributed by atoms with Crippen LogP contribution in [-0.4, -0.2) is 53.0 Å². The topological polar surface area (TPSA) is 54.7 Å². The fourth-order valence-electron chi connectivity index (χ4n) is 3.86. The number of nitrogens with zero attached hydrogens (tertiary/aromatic N) is 4. The molecule has 33 heavy (non-hydrogen) atoms. The van der Waals surface area contributed by atoms with Crippen molar-refractivity contribution in [1.29, 1.82) is 0 Å².